The van der Waals surface area contributed by atoms with Gasteiger partial charge in [-0.05, 0) is 35.9 Å². The predicted molar refractivity (Wildman–Crippen MR) is 97.4 cm³/mol. The smallest absolute Gasteiger partial charge is 0.163 e. The molecule has 4 rings (SSSR count). The van der Waals surface area contributed by atoms with E-state index >= 15 is 0 Å². The molecule has 0 amide bonds. The Morgan fingerprint density at radius 3 is 2.44 bits per heavy atom. The first-order valence-corrected chi connectivity index (χ1v) is 8.17. The molecule has 0 saturated carbocycles. The van der Waals surface area contributed by atoms with Crippen LogP contribution in [0.1, 0.15) is 5.69 Å². The minimum Gasteiger partial charge on any atom is -0.378 e. The lowest BCUT2D eigenvalue weighted by molar-refractivity contribution is 0.181. The lowest BCUT2D eigenvalue weighted by atomic mass is 10.1. The van der Waals surface area contributed by atoms with E-state index in [2.05, 4.69) is 9.97 Å². The van der Waals surface area contributed by atoms with Crippen LogP contribution < -0.4 is 0 Å². The number of hydrogen-bond acceptors (Lipinski definition) is 4. The number of aromatic nitrogens is 4. The van der Waals surface area contributed by atoms with Crippen molar-refractivity contribution in [3.8, 4) is 22.4 Å². The van der Waals surface area contributed by atoms with Gasteiger partial charge in [0.15, 0.2) is 5.65 Å². The van der Waals surface area contributed by atoms with E-state index in [1.54, 1.807) is 25.7 Å². The minimum atomic E-state index is 0.400. The average molecular weight is 351 g/mol. The number of ether oxygens (including phenoxy) is 1. The Morgan fingerprint density at radius 2 is 1.72 bits per heavy atom. The van der Waals surface area contributed by atoms with E-state index in [0.717, 1.165) is 33.7 Å². The number of rotatable bonds is 4. The molecule has 0 spiro atoms. The second-order valence-electron chi connectivity index (χ2n) is 5.56. The van der Waals surface area contributed by atoms with Crippen molar-refractivity contribution in [2.45, 2.75) is 6.61 Å². The normalized spacial score (nSPS) is 11.1. The van der Waals surface area contributed by atoms with Crippen molar-refractivity contribution >= 4 is 17.2 Å². The molecule has 0 aliphatic carbocycles. The van der Waals surface area contributed by atoms with Crippen LogP contribution in [-0.2, 0) is 11.3 Å². The Labute approximate surface area is 149 Å². The summed E-state index contributed by atoms with van der Waals surface area (Å²) < 4.78 is 7.20. The van der Waals surface area contributed by atoms with Gasteiger partial charge in [-0.2, -0.15) is 5.10 Å². The van der Waals surface area contributed by atoms with Gasteiger partial charge in [0.25, 0.3) is 0 Å². The van der Waals surface area contributed by atoms with Crippen LogP contribution in [0.4, 0.5) is 0 Å². The number of halogens is 1. The van der Waals surface area contributed by atoms with Crippen molar-refractivity contribution in [2.75, 3.05) is 7.11 Å². The molecule has 0 unspecified atom stereocenters. The molecule has 25 heavy (non-hydrogen) atoms. The second kappa shape index (κ2) is 6.63. The molecule has 0 atom stereocenters. The van der Waals surface area contributed by atoms with E-state index in [1.165, 1.54) is 0 Å². The maximum atomic E-state index is 6.03. The van der Waals surface area contributed by atoms with Gasteiger partial charge in [-0.3, -0.25) is 4.98 Å². The van der Waals surface area contributed by atoms with E-state index < -0.39 is 0 Å². The van der Waals surface area contributed by atoms with E-state index in [9.17, 15) is 0 Å². The SMILES string of the molecule is COCc1nn2c(-c3ccncc3)ccnc2c1-c1ccc(Cl)cc1. The number of hydrogen-bond donors (Lipinski definition) is 0. The fourth-order valence-electron chi connectivity index (χ4n) is 2.88. The number of nitrogens with zero attached hydrogens (tertiary/aromatic N) is 4. The summed E-state index contributed by atoms with van der Waals surface area (Å²) in [6, 6.07) is 13.5. The molecule has 124 valence electrons. The molecule has 3 aromatic heterocycles. The fourth-order valence-corrected chi connectivity index (χ4v) is 3.01. The summed E-state index contributed by atoms with van der Waals surface area (Å²) in [6.45, 7) is 0.400. The number of methoxy groups -OCH3 is 1. The summed E-state index contributed by atoms with van der Waals surface area (Å²) in [5.41, 5.74) is 5.55. The molecular weight excluding hydrogens is 336 g/mol. The predicted octanol–water partition coefficient (Wildman–Crippen LogP) is 4.26. The number of pyridine rings is 1. The molecule has 0 radical (unpaired) electrons. The summed E-state index contributed by atoms with van der Waals surface area (Å²) >= 11 is 6.03. The fraction of sp³-hybridized carbons (Fsp3) is 0.105. The summed E-state index contributed by atoms with van der Waals surface area (Å²) in [4.78, 5) is 8.65. The monoisotopic (exact) mass is 350 g/mol. The zero-order valence-electron chi connectivity index (χ0n) is 13.6. The van der Waals surface area contributed by atoms with Gasteiger partial charge in [-0.15, -0.1) is 0 Å². The van der Waals surface area contributed by atoms with E-state index in [1.807, 2.05) is 47.0 Å². The highest BCUT2D eigenvalue weighted by atomic mass is 35.5. The Hall–Kier alpha value is -2.76. The third-order valence-electron chi connectivity index (χ3n) is 3.98. The summed E-state index contributed by atoms with van der Waals surface area (Å²) in [6.07, 6.45) is 5.32. The first-order chi connectivity index (χ1) is 12.3. The highest BCUT2D eigenvalue weighted by Gasteiger charge is 2.18. The Morgan fingerprint density at radius 1 is 0.960 bits per heavy atom. The van der Waals surface area contributed by atoms with Crippen molar-refractivity contribution in [2.24, 2.45) is 0 Å². The second-order valence-corrected chi connectivity index (χ2v) is 6.00. The van der Waals surface area contributed by atoms with Crippen LogP contribution in [0.5, 0.6) is 0 Å². The zero-order chi connectivity index (χ0) is 17.2. The van der Waals surface area contributed by atoms with Crippen LogP contribution >= 0.6 is 11.6 Å². The van der Waals surface area contributed by atoms with Crippen molar-refractivity contribution in [3.63, 3.8) is 0 Å². The van der Waals surface area contributed by atoms with Crippen LogP contribution in [0, 0.1) is 0 Å². The Balaban J connectivity index is 1.99. The Kier molecular flexibility index (Phi) is 4.17. The maximum absolute atomic E-state index is 6.03. The molecule has 3 heterocycles. The lowest BCUT2D eigenvalue weighted by Gasteiger charge is -2.05. The van der Waals surface area contributed by atoms with Crippen LogP contribution in [0.3, 0.4) is 0 Å². The van der Waals surface area contributed by atoms with Gasteiger partial charge in [-0.1, -0.05) is 23.7 Å². The van der Waals surface area contributed by atoms with E-state index in [0.29, 0.717) is 11.6 Å². The number of fused-ring (bicyclic) bond motifs is 1. The maximum Gasteiger partial charge on any atom is 0.163 e. The molecule has 0 bridgehead atoms. The molecule has 0 aliphatic heterocycles. The van der Waals surface area contributed by atoms with Crippen molar-refractivity contribution < 1.29 is 4.74 Å². The summed E-state index contributed by atoms with van der Waals surface area (Å²) in [7, 11) is 1.66. The molecule has 0 N–H and O–H groups in total. The van der Waals surface area contributed by atoms with Gasteiger partial charge in [0.1, 0.15) is 0 Å². The quantitative estimate of drug-likeness (QED) is 0.552. The van der Waals surface area contributed by atoms with Crippen LogP contribution in [0.25, 0.3) is 28.0 Å². The van der Waals surface area contributed by atoms with Crippen LogP contribution in [0.15, 0.2) is 61.1 Å². The largest absolute Gasteiger partial charge is 0.378 e. The Bertz CT molecular complexity index is 1010. The van der Waals surface area contributed by atoms with Gasteiger partial charge < -0.3 is 4.74 Å². The average Bonchev–Trinajstić information content (AvgIpc) is 3.01. The van der Waals surface area contributed by atoms with Gasteiger partial charge in [-0.25, -0.2) is 9.50 Å². The zero-order valence-corrected chi connectivity index (χ0v) is 14.3. The molecule has 5 nitrogen and oxygen atoms in total. The van der Waals surface area contributed by atoms with Crippen molar-refractivity contribution in [1.82, 2.24) is 19.6 Å². The molecule has 1 aromatic carbocycles. The minimum absolute atomic E-state index is 0.400. The summed E-state index contributed by atoms with van der Waals surface area (Å²) in [5.74, 6) is 0. The van der Waals surface area contributed by atoms with Gasteiger partial charge >= 0.3 is 0 Å². The third-order valence-corrected chi connectivity index (χ3v) is 4.23. The molecule has 0 fully saturated rings. The highest BCUT2D eigenvalue weighted by molar-refractivity contribution is 6.30. The molecule has 4 aromatic rings. The summed E-state index contributed by atoms with van der Waals surface area (Å²) in [5, 5.41) is 5.45. The third kappa shape index (κ3) is 2.88. The molecule has 0 aliphatic rings. The van der Waals surface area contributed by atoms with Gasteiger partial charge in [0, 0.05) is 36.3 Å². The number of benzene rings is 1. The molecule has 6 heteroatoms. The van der Waals surface area contributed by atoms with Crippen LogP contribution in [-0.4, -0.2) is 26.7 Å². The van der Waals surface area contributed by atoms with Crippen LogP contribution in [0.2, 0.25) is 5.02 Å². The first kappa shape index (κ1) is 15.7. The lowest BCUT2D eigenvalue weighted by Crippen LogP contribution is -1.96. The first-order valence-electron chi connectivity index (χ1n) is 7.80. The van der Waals surface area contributed by atoms with E-state index in [-0.39, 0.29) is 0 Å². The standard InChI is InChI=1S/C19H15ClN4O/c1-25-12-16-18(14-2-4-15(20)5-3-14)19-22-11-8-17(24(19)23-16)13-6-9-21-10-7-13/h2-11H,12H2,1H3. The highest BCUT2D eigenvalue weighted by Crippen LogP contribution is 2.31. The molecule has 0 saturated heterocycles. The van der Waals surface area contributed by atoms with Gasteiger partial charge in [0.05, 0.1) is 23.6 Å². The van der Waals surface area contributed by atoms with Crippen molar-refractivity contribution in [1.29, 1.82) is 0 Å². The van der Waals surface area contributed by atoms with E-state index in [4.69, 9.17) is 21.4 Å². The molecular formula is C19H15ClN4O. The van der Waals surface area contributed by atoms with Crippen molar-refractivity contribution in [3.05, 3.63) is 71.8 Å². The topological polar surface area (TPSA) is 52.3 Å². The van der Waals surface area contributed by atoms with Gasteiger partial charge in [0.2, 0.25) is 0 Å².